The fourth-order valence-electron chi connectivity index (χ4n) is 2.78. The molecule has 1 aliphatic rings. The second-order valence-electron chi connectivity index (χ2n) is 5.44. The summed E-state index contributed by atoms with van der Waals surface area (Å²) in [6.45, 7) is 2.18. The zero-order chi connectivity index (χ0) is 13.9. The second-order valence-corrected chi connectivity index (χ2v) is 5.44. The van der Waals surface area contributed by atoms with E-state index in [2.05, 4.69) is 22.4 Å². The maximum atomic E-state index is 12.2. The van der Waals surface area contributed by atoms with Crippen LogP contribution in [0.5, 0.6) is 0 Å². The van der Waals surface area contributed by atoms with Crippen LogP contribution in [0.25, 0.3) is 10.9 Å². The van der Waals surface area contributed by atoms with Crippen molar-refractivity contribution in [3.8, 4) is 0 Å². The summed E-state index contributed by atoms with van der Waals surface area (Å²) in [4.78, 5) is 15.3. The number of hydrazone groups is 1. The number of amides is 1. The van der Waals surface area contributed by atoms with Crippen molar-refractivity contribution in [1.29, 1.82) is 0 Å². The van der Waals surface area contributed by atoms with E-state index < -0.39 is 0 Å². The Morgan fingerprint density at radius 1 is 1.35 bits per heavy atom. The SMILES string of the molecule is C[C@@H]1CCCC/C1=N/NC(=O)c1c[nH]c2ccccc12. The van der Waals surface area contributed by atoms with Gasteiger partial charge in [0, 0.05) is 22.8 Å². The number of hydrogen-bond acceptors (Lipinski definition) is 2. The molecule has 0 spiro atoms. The van der Waals surface area contributed by atoms with Gasteiger partial charge in [-0.3, -0.25) is 4.79 Å². The quantitative estimate of drug-likeness (QED) is 0.806. The van der Waals surface area contributed by atoms with E-state index in [9.17, 15) is 4.79 Å². The van der Waals surface area contributed by atoms with E-state index in [1.807, 2.05) is 24.3 Å². The van der Waals surface area contributed by atoms with Crippen molar-refractivity contribution >= 4 is 22.5 Å². The smallest absolute Gasteiger partial charge is 0.273 e. The molecule has 1 aliphatic carbocycles. The highest BCUT2D eigenvalue weighted by Crippen LogP contribution is 2.21. The van der Waals surface area contributed by atoms with Crippen LogP contribution in [0.2, 0.25) is 0 Å². The average Bonchev–Trinajstić information content (AvgIpc) is 2.90. The number of aromatic nitrogens is 1. The molecule has 1 fully saturated rings. The molecule has 1 atom stereocenters. The number of hydrogen-bond donors (Lipinski definition) is 2. The lowest BCUT2D eigenvalue weighted by molar-refractivity contribution is 0.0956. The molecule has 3 rings (SSSR count). The van der Waals surface area contributed by atoms with Crippen molar-refractivity contribution in [2.75, 3.05) is 0 Å². The highest BCUT2D eigenvalue weighted by atomic mass is 16.2. The molecule has 4 heteroatoms. The van der Waals surface area contributed by atoms with Gasteiger partial charge in [-0.15, -0.1) is 0 Å². The third kappa shape index (κ3) is 2.46. The molecule has 2 aromatic rings. The Kier molecular flexibility index (Phi) is 3.54. The van der Waals surface area contributed by atoms with E-state index in [4.69, 9.17) is 0 Å². The van der Waals surface area contributed by atoms with Gasteiger partial charge in [-0.2, -0.15) is 5.10 Å². The largest absolute Gasteiger partial charge is 0.360 e. The molecule has 0 unspecified atom stereocenters. The summed E-state index contributed by atoms with van der Waals surface area (Å²) in [7, 11) is 0. The van der Waals surface area contributed by atoms with Crippen LogP contribution >= 0.6 is 0 Å². The van der Waals surface area contributed by atoms with Gasteiger partial charge < -0.3 is 4.98 Å². The Hall–Kier alpha value is -2.10. The highest BCUT2D eigenvalue weighted by molar-refractivity contribution is 6.07. The van der Waals surface area contributed by atoms with Gasteiger partial charge in [-0.05, 0) is 31.2 Å². The van der Waals surface area contributed by atoms with Crippen LogP contribution in [0, 0.1) is 5.92 Å². The van der Waals surface area contributed by atoms with Crippen molar-refractivity contribution in [3.63, 3.8) is 0 Å². The predicted octanol–water partition coefficient (Wildman–Crippen LogP) is 3.46. The van der Waals surface area contributed by atoms with Gasteiger partial charge in [0.2, 0.25) is 0 Å². The normalized spacial score (nSPS) is 21.2. The fraction of sp³-hybridized carbons (Fsp3) is 0.375. The molecule has 0 radical (unpaired) electrons. The van der Waals surface area contributed by atoms with Gasteiger partial charge >= 0.3 is 0 Å². The van der Waals surface area contributed by atoms with E-state index >= 15 is 0 Å². The minimum absolute atomic E-state index is 0.146. The summed E-state index contributed by atoms with van der Waals surface area (Å²) < 4.78 is 0. The molecule has 0 bridgehead atoms. The van der Waals surface area contributed by atoms with Crippen LogP contribution in [0.3, 0.4) is 0 Å². The van der Waals surface area contributed by atoms with Crippen molar-refractivity contribution in [1.82, 2.24) is 10.4 Å². The minimum Gasteiger partial charge on any atom is -0.360 e. The Morgan fingerprint density at radius 2 is 2.20 bits per heavy atom. The number of nitrogens with one attached hydrogen (secondary N) is 2. The second kappa shape index (κ2) is 5.49. The molecule has 20 heavy (non-hydrogen) atoms. The molecule has 0 aliphatic heterocycles. The first-order valence-corrected chi connectivity index (χ1v) is 7.18. The van der Waals surface area contributed by atoms with Gasteiger partial charge in [-0.25, -0.2) is 5.43 Å². The number of H-pyrrole nitrogens is 1. The number of carbonyl (C=O) groups is 1. The number of carbonyl (C=O) groups excluding carboxylic acids is 1. The molecule has 1 heterocycles. The Labute approximate surface area is 118 Å². The lowest BCUT2D eigenvalue weighted by atomic mass is 9.89. The van der Waals surface area contributed by atoms with Crippen LogP contribution < -0.4 is 5.43 Å². The van der Waals surface area contributed by atoms with Crippen LogP contribution in [0.15, 0.2) is 35.6 Å². The summed E-state index contributed by atoms with van der Waals surface area (Å²) in [6, 6.07) is 7.78. The molecule has 0 saturated heterocycles. The van der Waals surface area contributed by atoms with Crippen molar-refractivity contribution in [2.24, 2.45) is 11.0 Å². The average molecular weight is 269 g/mol. The van der Waals surface area contributed by atoms with Gasteiger partial charge in [0.25, 0.3) is 5.91 Å². The summed E-state index contributed by atoms with van der Waals surface area (Å²) in [5.41, 5.74) is 5.44. The highest BCUT2D eigenvalue weighted by Gasteiger charge is 2.17. The van der Waals surface area contributed by atoms with E-state index in [0.29, 0.717) is 11.5 Å². The first kappa shape index (κ1) is 12.9. The molecule has 2 N–H and O–H groups in total. The van der Waals surface area contributed by atoms with Crippen LogP contribution in [-0.2, 0) is 0 Å². The minimum atomic E-state index is -0.146. The lowest BCUT2D eigenvalue weighted by Crippen LogP contribution is -2.24. The molecular weight excluding hydrogens is 250 g/mol. The number of rotatable bonds is 2. The van der Waals surface area contributed by atoms with Gasteiger partial charge in [0.15, 0.2) is 0 Å². The summed E-state index contributed by atoms with van der Waals surface area (Å²) >= 11 is 0. The molecule has 104 valence electrons. The first-order chi connectivity index (χ1) is 9.75. The van der Waals surface area contributed by atoms with Gasteiger partial charge in [0.1, 0.15) is 0 Å². The standard InChI is InChI=1S/C16H19N3O/c1-11-6-2-4-8-14(11)18-19-16(20)13-10-17-15-9-5-3-7-12(13)15/h3,5,7,9-11,17H,2,4,6,8H2,1H3,(H,19,20)/b18-14-/t11-/m1/s1. The number of para-hydroxylation sites is 1. The molecule has 1 aromatic carbocycles. The topological polar surface area (TPSA) is 57.2 Å². The Balaban J connectivity index is 1.78. The summed E-state index contributed by atoms with van der Waals surface area (Å²) in [6.07, 6.45) is 6.34. The Bertz CT molecular complexity index is 657. The van der Waals surface area contributed by atoms with E-state index in [1.54, 1.807) is 6.20 Å². The molecule has 1 amide bonds. The summed E-state index contributed by atoms with van der Waals surface area (Å²) in [5.74, 6) is 0.333. The van der Waals surface area contributed by atoms with Crippen molar-refractivity contribution in [2.45, 2.75) is 32.6 Å². The maximum absolute atomic E-state index is 12.2. The lowest BCUT2D eigenvalue weighted by Gasteiger charge is -2.19. The number of benzene rings is 1. The maximum Gasteiger partial charge on any atom is 0.273 e. The van der Waals surface area contributed by atoms with Crippen LogP contribution in [0.1, 0.15) is 43.0 Å². The zero-order valence-electron chi connectivity index (χ0n) is 11.6. The zero-order valence-corrected chi connectivity index (χ0v) is 11.6. The molecule has 1 saturated carbocycles. The van der Waals surface area contributed by atoms with Gasteiger partial charge in [-0.1, -0.05) is 31.5 Å². The van der Waals surface area contributed by atoms with Crippen LogP contribution in [0.4, 0.5) is 0 Å². The number of aromatic amines is 1. The molecule has 1 aromatic heterocycles. The monoisotopic (exact) mass is 269 g/mol. The molecule has 4 nitrogen and oxygen atoms in total. The van der Waals surface area contributed by atoms with Crippen molar-refractivity contribution in [3.05, 3.63) is 36.0 Å². The third-order valence-electron chi connectivity index (χ3n) is 4.02. The van der Waals surface area contributed by atoms with Crippen LogP contribution in [-0.4, -0.2) is 16.6 Å². The van der Waals surface area contributed by atoms with Crippen molar-refractivity contribution < 1.29 is 4.79 Å². The van der Waals surface area contributed by atoms with E-state index in [0.717, 1.165) is 23.0 Å². The Morgan fingerprint density at radius 3 is 3.05 bits per heavy atom. The predicted molar refractivity (Wildman–Crippen MR) is 80.8 cm³/mol. The fourth-order valence-corrected chi connectivity index (χ4v) is 2.78. The van der Waals surface area contributed by atoms with E-state index in [-0.39, 0.29) is 5.91 Å². The number of nitrogens with zero attached hydrogens (tertiary/aromatic N) is 1. The first-order valence-electron chi connectivity index (χ1n) is 7.18. The van der Waals surface area contributed by atoms with E-state index in [1.165, 1.54) is 19.3 Å². The summed E-state index contributed by atoms with van der Waals surface area (Å²) in [5, 5.41) is 5.26. The van der Waals surface area contributed by atoms with Gasteiger partial charge in [0.05, 0.1) is 5.56 Å². The number of fused-ring (bicyclic) bond motifs is 1. The molecular formula is C16H19N3O. The third-order valence-corrected chi connectivity index (χ3v) is 4.02.